The maximum Gasteiger partial charge on any atom is 0.264 e. The van der Waals surface area contributed by atoms with E-state index in [1.165, 1.54) is 7.11 Å². The van der Waals surface area contributed by atoms with Gasteiger partial charge in [-0.15, -0.1) is 0 Å². The van der Waals surface area contributed by atoms with Gasteiger partial charge < -0.3 is 14.5 Å². The zero-order valence-electron chi connectivity index (χ0n) is 12.6. The minimum absolute atomic E-state index is 0.227. The average molecular weight is 308 g/mol. The Morgan fingerprint density at radius 3 is 2.52 bits per heavy atom. The van der Waals surface area contributed by atoms with Crippen LogP contribution in [0.5, 0.6) is 5.75 Å². The number of rotatable bonds is 4. The second kappa shape index (κ2) is 6.36. The van der Waals surface area contributed by atoms with Gasteiger partial charge in [0.2, 0.25) is 0 Å². The van der Waals surface area contributed by atoms with Crippen LogP contribution < -0.4 is 10.3 Å². The molecule has 116 valence electrons. The molecule has 0 aliphatic heterocycles. The van der Waals surface area contributed by atoms with Gasteiger partial charge in [-0.2, -0.15) is 0 Å². The van der Waals surface area contributed by atoms with Crippen molar-refractivity contribution < 1.29 is 9.94 Å². The third-order valence-electron chi connectivity index (χ3n) is 3.73. The smallest absolute Gasteiger partial charge is 0.264 e. The maximum absolute atomic E-state index is 12.8. The van der Waals surface area contributed by atoms with Gasteiger partial charge in [-0.1, -0.05) is 47.6 Å². The van der Waals surface area contributed by atoms with Gasteiger partial charge in [0, 0.05) is 5.39 Å². The molecule has 3 aromatic rings. The normalized spacial score (nSPS) is 11.2. The van der Waals surface area contributed by atoms with E-state index in [1.54, 1.807) is 4.57 Å². The van der Waals surface area contributed by atoms with Crippen LogP contribution in [-0.4, -0.2) is 23.1 Å². The molecule has 0 aliphatic rings. The SMILES string of the molecule is COc1c(/C=N\O)c(=O)n(Cc2ccccc2)c2ccccc12. The summed E-state index contributed by atoms with van der Waals surface area (Å²) in [6.45, 7) is 0.427. The van der Waals surface area contributed by atoms with E-state index in [2.05, 4.69) is 5.16 Å². The summed E-state index contributed by atoms with van der Waals surface area (Å²) in [5.41, 5.74) is 1.75. The van der Waals surface area contributed by atoms with Crippen LogP contribution in [0.15, 0.2) is 64.5 Å². The highest BCUT2D eigenvalue weighted by molar-refractivity contribution is 5.95. The molecule has 1 heterocycles. The second-order valence-electron chi connectivity index (χ2n) is 5.09. The molecule has 5 heteroatoms. The summed E-state index contributed by atoms with van der Waals surface area (Å²) in [5.74, 6) is 0.410. The highest BCUT2D eigenvalue weighted by atomic mass is 16.5. The lowest BCUT2D eigenvalue weighted by Gasteiger charge is -2.15. The van der Waals surface area contributed by atoms with Crippen molar-refractivity contribution in [3.8, 4) is 5.75 Å². The molecular formula is C18H16N2O3. The number of benzene rings is 2. The predicted molar refractivity (Wildman–Crippen MR) is 89.7 cm³/mol. The zero-order valence-corrected chi connectivity index (χ0v) is 12.6. The molecule has 2 aromatic carbocycles. The van der Waals surface area contributed by atoms with Crippen molar-refractivity contribution in [3.05, 3.63) is 76.1 Å². The fraction of sp³-hybridized carbons (Fsp3) is 0.111. The lowest BCUT2D eigenvalue weighted by Crippen LogP contribution is -2.25. The number of hydrogen-bond donors (Lipinski definition) is 1. The lowest BCUT2D eigenvalue weighted by molar-refractivity contribution is 0.321. The van der Waals surface area contributed by atoms with E-state index in [9.17, 15) is 4.79 Å². The third kappa shape index (κ3) is 2.68. The van der Waals surface area contributed by atoms with E-state index in [1.807, 2.05) is 54.6 Å². The fourth-order valence-corrected chi connectivity index (χ4v) is 2.71. The van der Waals surface area contributed by atoms with Crippen molar-refractivity contribution >= 4 is 17.1 Å². The van der Waals surface area contributed by atoms with Gasteiger partial charge in [0.05, 0.1) is 25.4 Å². The van der Waals surface area contributed by atoms with E-state index >= 15 is 0 Å². The van der Waals surface area contributed by atoms with Crippen LogP contribution in [0.25, 0.3) is 10.9 Å². The first-order valence-corrected chi connectivity index (χ1v) is 7.17. The largest absolute Gasteiger partial charge is 0.495 e. The van der Waals surface area contributed by atoms with Crippen LogP contribution >= 0.6 is 0 Å². The quantitative estimate of drug-likeness (QED) is 0.458. The van der Waals surface area contributed by atoms with Crippen LogP contribution in [-0.2, 0) is 6.54 Å². The molecule has 0 fully saturated rings. The molecule has 0 aliphatic carbocycles. The van der Waals surface area contributed by atoms with Crippen LogP contribution in [0.4, 0.5) is 0 Å². The molecule has 0 radical (unpaired) electrons. The van der Waals surface area contributed by atoms with Crippen LogP contribution in [0, 0.1) is 0 Å². The Hall–Kier alpha value is -3.08. The first-order valence-electron chi connectivity index (χ1n) is 7.17. The summed E-state index contributed by atoms with van der Waals surface area (Å²) in [5, 5.41) is 12.7. The highest BCUT2D eigenvalue weighted by Gasteiger charge is 2.16. The predicted octanol–water partition coefficient (Wildman–Crippen LogP) is 2.87. The van der Waals surface area contributed by atoms with E-state index in [0.717, 1.165) is 22.7 Å². The first kappa shape index (κ1) is 14.8. The monoisotopic (exact) mass is 308 g/mol. The molecule has 0 amide bonds. The van der Waals surface area contributed by atoms with Crippen molar-refractivity contribution in [1.29, 1.82) is 0 Å². The molecule has 0 bridgehead atoms. The highest BCUT2D eigenvalue weighted by Crippen LogP contribution is 2.26. The van der Waals surface area contributed by atoms with E-state index < -0.39 is 0 Å². The summed E-state index contributed by atoms with van der Waals surface area (Å²) in [4.78, 5) is 12.8. The van der Waals surface area contributed by atoms with Gasteiger partial charge in [0.25, 0.3) is 5.56 Å². The third-order valence-corrected chi connectivity index (χ3v) is 3.73. The Morgan fingerprint density at radius 2 is 1.83 bits per heavy atom. The summed E-state index contributed by atoms with van der Waals surface area (Å²) in [7, 11) is 1.50. The van der Waals surface area contributed by atoms with Crippen LogP contribution in [0.2, 0.25) is 0 Å². The van der Waals surface area contributed by atoms with Crippen molar-refractivity contribution in [2.24, 2.45) is 5.16 Å². The minimum atomic E-state index is -0.262. The average Bonchev–Trinajstić information content (AvgIpc) is 2.60. The number of nitrogens with zero attached hydrogens (tertiary/aromatic N) is 2. The number of oxime groups is 1. The molecule has 0 saturated heterocycles. The fourth-order valence-electron chi connectivity index (χ4n) is 2.71. The van der Waals surface area contributed by atoms with Crippen LogP contribution in [0.3, 0.4) is 0 Å². The Labute approximate surface area is 133 Å². The molecule has 1 N–H and O–H groups in total. The number of methoxy groups -OCH3 is 1. The Kier molecular flexibility index (Phi) is 4.10. The molecule has 1 aromatic heterocycles. The van der Waals surface area contributed by atoms with Gasteiger partial charge >= 0.3 is 0 Å². The van der Waals surface area contributed by atoms with Gasteiger partial charge in [-0.05, 0) is 17.7 Å². The van der Waals surface area contributed by atoms with Crippen LogP contribution in [0.1, 0.15) is 11.1 Å². The number of fused-ring (bicyclic) bond motifs is 1. The lowest BCUT2D eigenvalue weighted by atomic mass is 10.1. The van der Waals surface area contributed by atoms with Gasteiger partial charge in [-0.25, -0.2) is 0 Å². The summed E-state index contributed by atoms with van der Waals surface area (Å²) >= 11 is 0. The zero-order chi connectivity index (χ0) is 16.2. The van der Waals surface area contributed by atoms with E-state index in [0.29, 0.717) is 12.3 Å². The number of ether oxygens (including phenoxy) is 1. The number of pyridine rings is 1. The minimum Gasteiger partial charge on any atom is -0.495 e. The van der Waals surface area contributed by atoms with Crippen molar-refractivity contribution in [2.45, 2.75) is 6.54 Å². The molecule has 0 unspecified atom stereocenters. The summed E-state index contributed by atoms with van der Waals surface area (Å²) < 4.78 is 7.04. The first-order chi connectivity index (χ1) is 11.3. The molecule has 23 heavy (non-hydrogen) atoms. The molecular weight excluding hydrogens is 292 g/mol. The van der Waals surface area contributed by atoms with Gasteiger partial charge in [0.1, 0.15) is 11.3 Å². The summed E-state index contributed by atoms with van der Waals surface area (Å²) in [6, 6.07) is 17.2. The number of aromatic nitrogens is 1. The van der Waals surface area contributed by atoms with Gasteiger partial charge in [0.15, 0.2) is 0 Å². The molecule has 5 nitrogen and oxygen atoms in total. The standard InChI is InChI=1S/C18H16N2O3/c1-23-17-14-9-5-6-10-16(14)20(18(21)15(17)11-19-22)12-13-7-3-2-4-8-13/h2-11,22H,12H2,1H3/b19-11-. The summed E-state index contributed by atoms with van der Waals surface area (Å²) in [6.07, 6.45) is 1.12. The number of para-hydroxylation sites is 1. The van der Waals surface area contributed by atoms with Crippen molar-refractivity contribution in [1.82, 2.24) is 4.57 Å². The molecule has 0 saturated carbocycles. The number of hydrogen-bond acceptors (Lipinski definition) is 4. The molecule has 0 atom stereocenters. The second-order valence-corrected chi connectivity index (χ2v) is 5.09. The molecule has 3 rings (SSSR count). The van der Waals surface area contributed by atoms with Crippen molar-refractivity contribution in [2.75, 3.05) is 7.11 Å². The molecule has 0 spiro atoms. The van der Waals surface area contributed by atoms with Gasteiger partial charge in [-0.3, -0.25) is 4.79 Å². The van der Waals surface area contributed by atoms with Crippen molar-refractivity contribution in [3.63, 3.8) is 0 Å². The Morgan fingerprint density at radius 1 is 1.13 bits per heavy atom. The topological polar surface area (TPSA) is 63.8 Å². The Balaban J connectivity index is 2.32. The van der Waals surface area contributed by atoms with E-state index in [4.69, 9.17) is 9.94 Å². The maximum atomic E-state index is 12.8. The van der Waals surface area contributed by atoms with E-state index in [-0.39, 0.29) is 11.1 Å². The Bertz CT molecular complexity index is 915.